The molecule has 0 bridgehead atoms. The smallest absolute Gasteiger partial charge is 0.227 e. The third kappa shape index (κ3) is 6.58. The Morgan fingerprint density at radius 1 is 1.03 bits per heavy atom. The van der Waals surface area contributed by atoms with E-state index < -0.39 is 6.10 Å². The van der Waals surface area contributed by atoms with Crippen LogP contribution < -0.4 is 14.8 Å². The summed E-state index contributed by atoms with van der Waals surface area (Å²) in [5, 5.41) is 13.5. The molecule has 0 aliphatic carbocycles. The molecule has 1 unspecified atom stereocenters. The van der Waals surface area contributed by atoms with E-state index >= 15 is 0 Å². The topological polar surface area (TPSA) is 85.6 Å². The number of carbonyl (C=O) groups excluding carboxylic acids is 1. The number of imidazole rings is 1. The number of benzene rings is 3. The second-order valence-electron chi connectivity index (χ2n) is 8.08. The Morgan fingerprint density at radius 3 is 2.43 bits per heavy atom. The zero-order valence-electron chi connectivity index (χ0n) is 19.5. The summed E-state index contributed by atoms with van der Waals surface area (Å²) >= 11 is 0. The number of aromatic nitrogens is 2. The van der Waals surface area contributed by atoms with Crippen molar-refractivity contribution in [1.29, 1.82) is 0 Å². The van der Waals surface area contributed by atoms with Gasteiger partial charge in [0.2, 0.25) is 5.91 Å². The summed E-state index contributed by atoms with van der Waals surface area (Å²) < 4.78 is 26.1. The largest absolute Gasteiger partial charge is 0.494 e. The molecule has 1 aromatic heterocycles. The summed E-state index contributed by atoms with van der Waals surface area (Å²) in [6.07, 6.45) is -0.775. The van der Waals surface area contributed by atoms with Gasteiger partial charge in [0, 0.05) is 6.54 Å². The summed E-state index contributed by atoms with van der Waals surface area (Å²) in [6.45, 7) is 3.10. The number of nitrogens with one attached hydrogen (secondary N) is 1. The molecule has 0 saturated heterocycles. The van der Waals surface area contributed by atoms with Crippen molar-refractivity contribution in [2.24, 2.45) is 0 Å². The van der Waals surface area contributed by atoms with Crippen LogP contribution in [0.5, 0.6) is 11.5 Å². The lowest BCUT2D eigenvalue weighted by atomic mass is 10.2. The minimum atomic E-state index is -0.819. The average Bonchev–Trinajstić information content (AvgIpc) is 3.20. The first-order valence-electron chi connectivity index (χ1n) is 11.5. The van der Waals surface area contributed by atoms with Crippen molar-refractivity contribution >= 4 is 16.9 Å². The molecule has 7 nitrogen and oxygen atoms in total. The van der Waals surface area contributed by atoms with Crippen LogP contribution in [0.1, 0.15) is 18.3 Å². The van der Waals surface area contributed by atoms with E-state index in [0.29, 0.717) is 18.2 Å². The van der Waals surface area contributed by atoms with Crippen molar-refractivity contribution in [2.75, 3.05) is 13.2 Å². The Balaban J connectivity index is 1.40. The number of rotatable bonds is 11. The molecule has 0 aliphatic rings. The fourth-order valence-corrected chi connectivity index (χ4v) is 3.73. The van der Waals surface area contributed by atoms with E-state index in [1.165, 1.54) is 12.1 Å². The van der Waals surface area contributed by atoms with E-state index in [0.717, 1.165) is 22.3 Å². The molecular formula is C27H28FN3O4. The molecule has 1 atom stereocenters. The molecule has 4 rings (SSSR count). The number of hydrogen-bond acceptors (Lipinski definition) is 5. The van der Waals surface area contributed by atoms with E-state index in [1.807, 2.05) is 47.9 Å². The lowest BCUT2D eigenvalue weighted by Gasteiger charge is -2.16. The Morgan fingerprint density at radius 2 is 1.71 bits per heavy atom. The second-order valence-corrected chi connectivity index (χ2v) is 8.08. The summed E-state index contributed by atoms with van der Waals surface area (Å²) in [6, 6.07) is 20.7. The van der Waals surface area contributed by atoms with Crippen molar-refractivity contribution in [2.45, 2.75) is 32.5 Å². The monoisotopic (exact) mass is 477 g/mol. The summed E-state index contributed by atoms with van der Waals surface area (Å²) in [4.78, 5) is 17.2. The van der Waals surface area contributed by atoms with Crippen LogP contribution in [0.3, 0.4) is 0 Å². The molecule has 0 aliphatic heterocycles. The maximum absolute atomic E-state index is 13.1. The number of para-hydroxylation sites is 2. The minimum Gasteiger partial charge on any atom is -0.494 e. The molecule has 1 amide bonds. The van der Waals surface area contributed by atoms with E-state index in [1.54, 1.807) is 24.3 Å². The van der Waals surface area contributed by atoms with E-state index in [9.17, 15) is 14.3 Å². The van der Waals surface area contributed by atoms with Gasteiger partial charge in [0.25, 0.3) is 0 Å². The lowest BCUT2D eigenvalue weighted by Crippen LogP contribution is -2.28. The van der Waals surface area contributed by atoms with Crippen molar-refractivity contribution in [3.8, 4) is 11.5 Å². The first-order chi connectivity index (χ1) is 17.0. The van der Waals surface area contributed by atoms with Crippen LogP contribution >= 0.6 is 0 Å². The van der Waals surface area contributed by atoms with Crippen LogP contribution in [0.2, 0.25) is 0 Å². The number of halogens is 1. The fourth-order valence-electron chi connectivity index (χ4n) is 3.73. The van der Waals surface area contributed by atoms with Gasteiger partial charge in [-0.25, -0.2) is 9.37 Å². The highest BCUT2D eigenvalue weighted by Crippen LogP contribution is 2.20. The SMILES string of the molecule is CCOc1ccc(OCC(O)Cn2c(CC(=O)NCc3ccc(F)cc3)nc3ccccc32)cc1. The van der Waals surface area contributed by atoms with Gasteiger partial charge in [-0.15, -0.1) is 0 Å². The third-order valence-electron chi connectivity index (χ3n) is 5.43. The molecule has 35 heavy (non-hydrogen) atoms. The Labute approximate surface area is 203 Å². The third-order valence-corrected chi connectivity index (χ3v) is 5.43. The molecule has 4 aromatic rings. The van der Waals surface area contributed by atoms with Gasteiger partial charge in [-0.05, 0) is 61.0 Å². The van der Waals surface area contributed by atoms with Gasteiger partial charge < -0.3 is 24.5 Å². The van der Waals surface area contributed by atoms with Crippen molar-refractivity contribution in [3.63, 3.8) is 0 Å². The zero-order valence-corrected chi connectivity index (χ0v) is 19.5. The van der Waals surface area contributed by atoms with Crippen LogP contribution in [0, 0.1) is 5.82 Å². The highest BCUT2D eigenvalue weighted by Gasteiger charge is 2.17. The van der Waals surface area contributed by atoms with Crippen LogP contribution in [-0.4, -0.2) is 39.9 Å². The normalized spacial score (nSPS) is 11.9. The summed E-state index contributed by atoms with van der Waals surface area (Å²) in [7, 11) is 0. The number of aliphatic hydroxyl groups excluding tert-OH is 1. The maximum Gasteiger partial charge on any atom is 0.227 e. The number of ether oxygens (including phenoxy) is 2. The van der Waals surface area contributed by atoms with Crippen LogP contribution in [0.15, 0.2) is 72.8 Å². The van der Waals surface area contributed by atoms with Gasteiger partial charge >= 0.3 is 0 Å². The first-order valence-corrected chi connectivity index (χ1v) is 11.5. The minimum absolute atomic E-state index is 0.0440. The highest BCUT2D eigenvalue weighted by molar-refractivity contribution is 5.81. The van der Waals surface area contributed by atoms with E-state index in [2.05, 4.69) is 10.3 Å². The van der Waals surface area contributed by atoms with Gasteiger partial charge in [0.1, 0.15) is 35.9 Å². The van der Waals surface area contributed by atoms with Crippen LogP contribution in [0.25, 0.3) is 11.0 Å². The molecule has 8 heteroatoms. The first kappa shape index (κ1) is 24.2. The molecule has 0 fully saturated rings. The predicted octanol–water partition coefficient (Wildman–Crippen LogP) is 3.87. The molecule has 182 valence electrons. The second kappa shape index (κ2) is 11.5. The molecule has 0 radical (unpaired) electrons. The quantitative estimate of drug-likeness (QED) is 0.343. The number of hydrogen-bond donors (Lipinski definition) is 2. The maximum atomic E-state index is 13.1. The van der Waals surface area contributed by atoms with Crippen molar-refractivity contribution in [1.82, 2.24) is 14.9 Å². The highest BCUT2D eigenvalue weighted by atomic mass is 19.1. The number of carbonyl (C=O) groups is 1. The Kier molecular flexibility index (Phi) is 7.95. The molecule has 0 saturated carbocycles. The number of aliphatic hydroxyl groups is 1. The van der Waals surface area contributed by atoms with Crippen LogP contribution in [-0.2, 0) is 24.3 Å². The zero-order chi connectivity index (χ0) is 24.6. The predicted molar refractivity (Wildman–Crippen MR) is 131 cm³/mol. The molecule has 1 heterocycles. The van der Waals surface area contributed by atoms with Crippen molar-refractivity contribution in [3.05, 3.63) is 90.0 Å². The molecule has 3 aromatic carbocycles. The number of nitrogens with zero attached hydrogens (tertiary/aromatic N) is 2. The van der Waals surface area contributed by atoms with E-state index in [4.69, 9.17) is 9.47 Å². The van der Waals surface area contributed by atoms with Crippen molar-refractivity contribution < 1.29 is 23.8 Å². The van der Waals surface area contributed by atoms with Crippen LogP contribution in [0.4, 0.5) is 4.39 Å². The summed E-state index contributed by atoms with van der Waals surface area (Å²) in [5.74, 6) is 1.39. The lowest BCUT2D eigenvalue weighted by molar-refractivity contribution is -0.120. The molecule has 2 N–H and O–H groups in total. The van der Waals surface area contributed by atoms with E-state index in [-0.39, 0.29) is 37.8 Å². The standard InChI is InChI=1S/C27H28FN3O4/c1-2-34-22-11-13-23(14-12-22)35-18-21(32)17-31-25-6-4-3-5-24(25)30-26(31)15-27(33)29-16-19-7-9-20(28)10-8-19/h3-14,21,32H,2,15-18H2,1H3,(H,29,33). The summed E-state index contributed by atoms with van der Waals surface area (Å²) in [5.41, 5.74) is 2.37. The number of amides is 1. The average molecular weight is 478 g/mol. The Hall–Kier alpha value is -3.91. The van der Waals surface area contributed by atoms with Gasteiger partial charge in [-0.2, -0.15) is 0 Å². The van der Waals surface area contributed by atoms with Gasteiger partial charge in [0.05, 0.1) is 30.6 Å². The fraction of sp³-hybridized carbons (Fsp3) is 0.259. The molecule has 0 spiro atoms. The van der Waals surface area contributed by atoms with Gasteiger partial charge in [-0.3, -0.25) is 4.79 Å². The Bertz CT molecular complexity index is 1260. The van der Waals surface area contributed by atoms with Gasteiger partial charge in [-0.1, -0.05) is 24.3 Å². The number of fused-ring (bicyclic) bond motifs is 1. The molecular weight excluding hydrogens is 449 g/mol. The van der Waals surface area contributed by atoms with Gasteiger partial charge in [0.15, 0.2) is 0 Å².